The average molecular weight is 326 g/mol. The Kier molecular flexibility index (Phi) is 2.71. The molecular weight excluding hydrogens is 321 g/mol. The molecule has 1 aliphatic rings. The maximum atomic E-state index is 2.65. The van der Waals surface area contributed by atoms with Crippen LogP contribution in [-0.2, 0) is 0 Å². The molecule has 1 rings (SSSR count). The second-order valence-electron chi connectivity index (χ2n) is 1.04. The number of hydrogen-bond acceptors (Lipinski definition) is 0. The summed E-state index contributed by atoms with van der Waals surface area (Å²) < 4.78 is 1.56. The summed E-state index contributed by atoms with van der Waals surface area (Å²) in [4.78, 5) is 0. The third-order valence-corrected chi connectivity index (χ3v) is 13.8. The molecule has 0 nitrogen and oxygen atoms in total. The average Bonchev–Trinajstić information content (AvgIpc) is 1.86. The van der Waals surface area contributed by atoms with Crippen molar-refractivity contribution in [3.05, 3.63) is 0 Å². The molecule has 0 aromatic heterocycles. The normalized spacial score (nSPS) is 28.5. The van der Waals surface area contributed by atoms with Gasteiger partial charge in [0.15, 0.2) is 0 Å². The van der Waals surface area contributed by atoms with Crippen molar-refractivity contribution in [3.8, 4) is 0 Å². The molecule has 1 aliphatic heterocycles. The Labute approximate surface area is 55.8 Å². The number of rotatable bonds is 0. The third kappa shape index (κ3) is 1.62. The van der Waals surface area contributed by atoms with Gasteiger partial charge < -0.3 is 0 Å². The summed E-state index contributed by atoms with van der Waals surface area (Å²) >= 11 is 2.34. The van der Waals surface area contributed by atoms with Crippen molar-refractivity contribution in [1.29, 1.82) is 0 Å². The van der Waals surface area contributed by atoms with Crippen molar-refractivity contribution in [2.24, 2.45) is 0 Å². The summed E-state index contributed by atoms with van der Waals surface area (Å²) in [5, 5.41) is 0. The van der Waals surface area contributed by atoms with E-state index in [4.69, 9.17) is 0 Å². The van der Waals surface area contributed by atoms with Crippen LogP contribution in [0.4, 0.5) is 0 Å². The van der Waals surface area contributed by atoms with Crippen molar-refractivity contribution >= 4 is 45.6 Å². The first-order valence-electron chi connectivity index (χ1n) is 1.75. The molecule has 0 spiro atoms. The summed E-state index contributed by atoms with van der Waals surface area (Å²) in [6, 6.07) is 0. The molecule has 0 atom stereocenters. The van der Waals surface area contributed by atoms with E-state index >= 15 is 0 Å². The van der Waals surface area contributed by atoms with Gasteiger partial charge in [0.25, 0.3) is 0 Å². The molecule has 0 saturated heterocycles. The van der Waals surface area contributed by atoms with Crippen LogP contribution < -0.4 is 0 Å². The van der Waals surface area contributed by atoms with E-state index in [9.17, 15) is 0 Å². The Hall–Kier alpha value is 1.63. The summed E-state index contributed by atoms with van der Waals surface area (Å²) in [6.45, 7) is 0. The minimum absolute atomic E-state index is 0.303. The van der Waals surface area contributed by atoms with Crippen LogP contribution in [0, 0.1) is 0 Å². The predicted molar refractivity (Wildman–Crippen MR) is 50.5 cm³/mol. The SMILES string of the molecule is II1CCC=P1. The number of hydrogen-bond donors (Lipinski definition) is 0. The zero-order valence-corrected chi connectivity index (χ0v) is 8.40. The fraction of sp³-hybridized carbons (Fsp3) is 0.667. The van der Waals surface area contributed by atoms with Crippen molar-refractivity contribution in [2.45, 2.75) is 6.42 Å². The van der Waals surface area contributed by atoms with E-state index < -0.39 is 0 Å². The van der Waals surface area contributed by atoms with E-state index in [1.807, 2.05) is 0 Å². The Bertz CT molecular complexity index is 71.2. The molecule has 0 radical (unpaired) electrons. The first kappa shape index (κ1) is 5.76. The van der Waals surface area contributed by atoms with Crippen LogP contribution >= 0.6 is 39.8 Å². The van der Waals surface area contributed by atoms with Crippen LogP contribution in [0.15, 0.2) is 0 Å². The number of alkyl halides is 1. The predicted octanol–water partition coefficient (Wildman–Crippen LogP) is 2.91. The fourth-order valence-electron chi connectivity index (χ4n) is 0.311. The second-order valence-corrected chi connectivity index (χ2v) is 19.6. The molecule has 0 N–H and O–H groups in total. The quantitative estimate of drug-likeness (QED) is 0.365. The van der Waals surface area contributed by atoms with Gasteiger partial charge in [0.2, 0.25) is 0 Å². The first-order chi connectivity index (χ1) is 2.89. The van der Waals surface area contributed by atoms with Crippen LogP contribution in [0.1, 0.15) is 6.42 Å². The van der Waals surface area contributed by atoms with Gasteiger partial charge >= 0.3 is 56.4 Å². The van der Waals surface area contributed by atoms with Crippen LogP contribution in [-0.4, -0.2) is 10.2 Å². The molecule has 0 aromatic rings. The van der Waals surface area contributed by atoms with Crippen LogP contribution in [0.5, 0.6) is 0 Å². The Morgan fingerprint density at radius 2 is 2.67 bits per heavy atom. The standard InChI is InChI=1S/C3H5I2P/c4-5-2-1-3-6-5/h3H,1-2H2. The van der Waals surface area contributed by atoms with E-state index in [-0.39, 0.29) is 15.3 Å². The summed E-state index contributed by atoms with van der Waals surface area (Å²) in [7, 11) is 0. The van der Waals surface area contributed by atoms with Gasteiger partial charge in [-0.15, -0.1) is 0 Å². The number of halogens is 2. The van der Waals surface area contributed by atoms with Crippen molar-refractivity contribution in [1.82, 2.24) is 0 Å². The zero-order valence-electron chi connectivity index (χ0n) is 3.19. The molecule has 0 aliphatic carbocycles. The first-order valence-corrected chi connectivity index (χ1v) is 13.3. The Balaban J connectivity index is 2.38. The maximum absolute atomic E-state index is 2.65. The summed E-state index contributed by atoms with van der Waals surface area (Å²) in [6.07, 6.45) is 1.41. The second kappa shape index (κ2) is 2.82. The van der Waals surface area contributed by atoms with Gasteiger partial charge in [-0.2, -0.15) is 0 Å². The molecule has 0 saturated carbocycles. The van der Waals surface area contributed by atoms with E-state index in [1.165, 1.54) is 6.42 Å². The van der Waals surface area contributed by atoms with Gasteiger partial charge in [-0.1, -0.05) is 0 Å². The molecule has 0 bridgehead atoms. The van der Waals surface area contributed by atoms with E-state index in [1.54, 1.807) is 10.3 Å². The van der Waals surface area contributed by atoms with E-state index in [0.717, 1.165) is 0 Å². The summed E-state index contributed by atoms with van der Waals surface area (Å²) in [5.74, 6) is 4.12. The van der Waals surface area contributed by atoms with Crippen molar-refractivity contribution < 1.29 is 0 Å². The van der Waals surface area contributed by atoms with Gasteiger partial charge in [-0.3, -0.25) is 0 Å². The van der Waals surface area contributed by atoms with Gasteiger partial charge in [0.05, 0.1) is 0 Å². The van der Waals surface area contributed by atoms with E-state index in [0.29, 0.717) is 0 Å². The molecule has 1 heterocycles. The molecular formula is C3H5I2P. The van der Waals surface area contributed by atoms with Gasteiger partial charge in [-0.05, 0) is 0 Å². The molecule has 0 aromatic carbocycles. The van der Waals surface area contributed by atoms with Gasteiger partial charge in [0, 0.05) is 0 Å². The fourth-order valence-corrected chi connectivity index (χ4v) is 10.3. The Morgan fingerprint density at radius 3 is 2.83 bits per heavy atom. The monoisotopic (exact) mass is 326 g/mol. The van der Waals surface area contributed by atoms with Gasteiger partial charge in [0.1, 0.15) is 0 Å². The molecule has 3 heteroatoms. The molecule has 0 fully saturated rings. The van der Waals surface area contributed by atoms with E-state index in [2.05, 4.69) is 24.4 Å². The van der Waals surface area contributed by atoms with Crippen LogP contribution in [0.25, 0.3) is 0 Å². The molecule has 0 unspecified atom stereocenters. The molecule has 0 amide bonds. The zero-order chi connectivity index (χ0) is 4.41. The molecule has 6 heavy (non-hydrogen) atoms. The summed E-state index contributed by atoms with van der Waals surface area (Å²) in [5.41, 5.74) is 0. The topological polar surface area (TPSA) is 0 Å². The van der Waals surface area contributed by atoms with Gasteiger partial charge in [-0.25, -0.2) is 0 Å². The molecule has 36 valence electrons. The van der Waals surface area contributed by atoms with Crippen LogP contribution in [0.2, 0.25) is 0 Å². The third-order valence-electron chi connectivity index (χ3n) is 0.569. The van der Waals surface area contributed by atoms with Crippen molar-refractivity contribution in [2.75, 3.05) is 4.43 Å². The Morgan fingerprint density at radius 1 is 1.83 bits per heavy atom. The van der Waals surface area contributed by atoms with Crippen molar-refractivity contribution in [3.63, 3.8) is 0 Å². The minimum atomic E-state index is -0.303. The van der Waals surface area contributed by atoms with Crippen LogP contribution in [0.3, 0.4) is 0 Å².